The fraction of sp³-hybridized carbons (Fsp3) is 0.333. The molecule has 1 rings (SSSR count). The van der Waals surface area contributed by atoms with Crippen LogP contribution in [0.5, 0.6) is 0 Å². The smallest absolute Gasteiger partial charge is 0.162 e. The summed E-state index contributed by atoms with van der Waals surface area (Å²) in [6, 6.07) is 9.15. The van der Waals surface area contributed by atoms with Crippen molar-refractivity contribution in [3.05, 3.63) is 30.3 Å². The van der Waals surface area contributed by atoms with Crippen LogP contribution >= 0.6 is 0 Å². The molecule has 0 aliphatic carbocycles. The number of carbonyl (C=O) groups is 2. The zero-order valence-corrected chi connectivity index (χ0v) is 8.99. The number of Topliss-reactive ketones (excluding diaryl/α,β-unsaturated/α-hetero) is 2. The lowest BCUT2D eigenvalue weighted by Crippen LogP contribution is -2.27. The summed E-state index contributed by atoms with van der Waals surface area (Å²) in [4.78, 5) is 22.2. The van der Waals surface area contributed by atoms with E-state index >= 15 is 0 Å². The lowest BCUT2D eigenvalue weighted by atomic mass is 10.1. The maximum Gasteiger partial charge on any atom is 0.162 e. The van der Waals surface area contributed by atoms with Gasteiger partial charge in [-0.3, -0.25) is 9.59 Å². The van der Waals surface area contributed by atoms with Gasteiger partial charge in [-0.15, -0.1) is 0 Å². The lowest BCUT2D eigenvalue weighted by molar-refractivity contribution is -0.126. The second kappa shape index (κ2) is 5.29. The van der Waals surface area contributed by atoms with Gasteiger partial charge in [0.05, 0.1) is 12.5 Å². The fourth-order valence-corrected chi connectivity index (χ4v) is 1.26. The molecule has 1 unspecified atom stereocenters. The van der Waals surface area contributed by atoms with Gasteiger partial charge >= 0.3 is 0 Å². The SMILES string of the molecule is CC(=O)CC(=O)C(C)Nc1ccccc1. The van der Waals surface area contributed by atoms with Crippen molar-refractivity contribution in [2.45, 2.75) is 26.3 Å². The van der Waals surface area contributed by atoms with Crippen LogP contribution in [0, 0.1) is 0 Å². The second-order valence-electron chi connectivity index (χ2n) is 3.58. The molecule has 0 heterocycles. The highest BCUT2D eigenvalue weighted by molar-refractivity contribution is 6.01. The minimum Gasteiger partial charge on any atom is -0.376 e. The van der Waals surface area contributed by atoms with Crippen molar-refractivity contribution in [2.75, 3.05) is 5.32 Å². The van der Waals surface area contributed by atoms with Gasteiger partial charge < -0.3 is 5.32 Å². The highest BCUT2D eigenvalue weighted by Gasteiger charge is 2.13. The van der Waals surface area contributed by atoms with Gasteiger partial charge in [-0.05, 0) is 26.0 Å². The Labute approximate surface area is 89.5 Å². The first-order valence-corrected chi connectivity index (χ1v) is 4.93. The first-order chi connectivity index (χ1) is 7.09. The highest BCUT2D eigenvalue weighted by Crippen LogP contribution is 2.08. The maximum absolute atomic E-state index is 11.5. The maximum atomic E-state index is 11.5. The Kier molecular flexibility index (Phi) is 4.03. The molecule has 0 amide bonds. The standard InChI is InChI=1S/C12H15NO2/c1-9(14)8-12(15)10(2)13-11-6-4-3-5-7-11/h3-7,10,13H,8H2,1-2H3. The van der Waals surface area contributed by atoms with Gasteiger partial charge in [0.15, 0.2) is 5.78 Å². The number of hydrogen-bond donors (Lipinski definition) is 1. The van der Waals surface area contributed by atoms with Crippen LogP contribution in [0.1, 0.15) is 20.3 Å². The highest BCUT2D eigenvalue weighted by atomic mass is 16.1. The Balaban J connectivity index is 2.52. The van der Waals surface area contributed by atoms with E-state index in [1.165, 1.54) is 6.92 Å². The quantitative estimate of drug-likeness (QED) is 0.748. The van der Waals surface area contributed by atoms with E-state index in [1.54, 1.807) is 6.92 Å². The molecular weight excluding hydrogens is 190 g/mol. The van der Waals surface area contributed by atoms with E-state index in [-0.39, 0.29) is 24.0 Å². The molecule has 3 nitrogen and oxygen atoms in total. The van der Waals surface area contributed by atoms with Crippen LogP contribution < -0.4 is 5.32 Å². The molecule has 3 heteroatoms. The van der Waals surface area contributed by atoms with Crippen LogP contribution in [0.3, 0.4) is 0 Å². The third-order valence-corrected chi connectivity index (χ3v) is 2.06. The molecule has 0 aromatic heterocycles. The van der Waals surface area contributed by atoms with Gasteiger partial charge in [0, 0.05) is 5.69 Å². The van der Waals surface area contributed by atoms with E-state index in [9.17, 15) is 9.59 Å². The summed E-state index contributed by atoms with van der Waals surface area (Å²) in [6.45, 7) is 3.19. The summed E-state index contributed by atoms with van der Waals surface area (Å²) < 4.78 is 0. The Hall–Kier alpha value is -1.64. The number of rotatable bonds is 5. The topological polar surface area (TPSA) is 46.2 Å². The summed E-state index contributed by atoms with van der Waals surface area (Å²) >= 11 is 0. The van der Waals surface area contributed by atoms with Crippen LogP contribution in [-0.2, 0) is 9.59 Å². The van der Waals surface area contributed by atoms with Gasteiger partial charge in [-0.2, -0.15) is 0 Å². The molecule has 0 aliphatic heterocycles. The van der Waals surface area contributed by atoms with Crippen molar-refractivity contribution >= 4 is 17.3 Å². The summed E-state index contributed by atoms with van der Waals surface area (Å²) in [6.07, 6.45) is 0.000992. The number of carbonyl (C=O) groups excluding carboxylic acids is 2. The second-order valence-corrected chi connectivity index (χ2v) is 3.58. The van der Waals surface area contributed by atoms with Gasteiger partial charge in [0.2, 0.25) is 0 Å². The van der Waals surface area contributed by atoms with Gasteiger partial charge in [-0.25, -0.2) is 0 Å². The molecule has 1 aromatic rings. The third-order valence-electron chi connectivity index (χ3n) is 2.06. The number of nitrogens with one attached hydrogen (secondary N) is 1. The van der Waals surface area contributed by atoms with E-state index in [0.717, 1.165) is 5.69 Å². The van der Waals surface area contributed by atoms with Crippen molar-refractivity contribution in [2.24, 2.45) is 0 Å². The average Bonchev–Trinajstić information content (AvgIpc) is 2.18. The molecule has 1 atom stereocenters. The zero-order chi connectivity index (χ0) is 11.3. The molecule has 0 spiro atoms. The van der Waals surface area contributed by atoms with Gasteiger partial charge in [-0.1, -0.05) is 18.2 Å². The lowest BCUT2D eigenvalue weighted by Gasteiger charge is -2.13. The van der Waals surface area contributed by atoms with Crippen molar-refractivity contribution in [3.63, 3.8) is 0 Å². The van der Waals surface area contributed by atoms with Crippen molar-refractivity contribution < 1.29 is 9.59 Å². The van der Waals surface area contributed by atoms with E-state index in [0.29, 0.717) is 0 Å². The first-order valence-electron chi connectivity index (χ1n) is 4.93. The summed E-state index contributed by atoms with van der Waals surface area (Å²) in [5.41, 5.74) is 0.891. The predicted molar refractivity (Wildman–Crippen MR) is 59.8 cm³/mol. The molecule has 1 N–H and O–H groups in total. The molecular formula is C12H15NO2. The van der Waals surface area contributed by atoms with Crippen LogP contribution in [0.15, 0.2) is 30.3 Å². The number of anilines is 1. The van der Waals surface area contributed by atoms with Gasteiger partial charge in [0.1, 0.15) is 5.78 Å². The number of para-hydroxylation sites is 1. The molecule has 1 aromatic carbocycles. The minimum absolute atomic E-state index is 0.000992. The molecule has 0 saturated carbocycles. The summed E-state index contributed by atoms with van der Waals surface area (Å²) in [7, 11) is 0. The van der Waals surface area contributed by atoms with Crippen molar-refractivity contribution in [3.8, 4) is 0 Å². The molecule has 0 radical (unpaired) electrons. The number of ketones is 2. The minimum atomic E-state index is -0.323. The van der Waals surface area contributed by atoms with Crippen LogP contribution in [0.4, 0.5) is 5.69 Å². The monoisotopic (exact) mass is 205 g/mol. The Bertz CT molecular complexity index is 346. The molecule has 0 bridgehead atoms. The Morgan fingerprint density at radius 1 is 1.27 bits per heavy atom. The van der Waals surface area contributed by atoms with E-state index < -0.39 is 0 Å². The van der Waals surface area contributed by atoms with Crippen molar-refractivity contribution in [1.29, 1.82) is 0 Å². The predicted octanol–water partition coefficient (Wildman–Crippen LogP) is 2.04. The van der Waals surface area contributed by atoms with E-state index in [1.807, 2.05) is 30.3 Å². The summed E-state index contributed by atoms with van der Waals surface area (Å²) in [5.74, 6) is -0.173. The average molecular weight is 205 g/mol. The van der Waals surface area contributed by atoms with E-state index in [2.05, 4.69) is 5.32 Å². The summed E-state index contributed by atoms with van der Waals surface area (Å²) in [5, 5.41) is 3.05. The molecule has 0 fully saturated rings. The van der Waals surface area contributed by atoms with Crippen LogP contribution in [-0.4, -0.2) is 17.6 Å². The molecule has 80 valence electrons. The Morgan fingerprint density at radius 3 is 2.40 bits per heavy atom. The van der Waals surface area contributed by atoms with Gasteiger partial charge in [0.25, 0.3) is 0 Å². The van der Waals surface area contributed by atoms with Crippen molar-refractivity contribution in [1.82, 2.24) is 0 Å². The normalized spacial score (nSPS) is 11.9. The molecule has 15 heavy (non-hydrogen) atoms. The Morgan fingerprint density at radius 2 is 1.87 bits per heavy atom. The van der Waals surface area contributed by atoms with E-state index in [4.69, 9.17) is 0 Å². The number of benzene rings is 1. The molecule has 0 aliphatic rings. The van der Waals surface area contributed by atoms with Crippen LogP contribution in [0.25, 0.3) is 0 Å². The molecule has 0 saturated heterocycles. The fourth-order valence-electron chi connectivity index (χ4n) is 1.26. The third kappa shape index (κ3) is 3.94. The largest absolute Gasteiger partial charge is 0.376 e. The van der Waals surface area contributed by atoms with Crippen LogP contribution in [0.2, 0.25) is 0 Å². The number of hydrogen-bond acceptors (Lipinski definition) is 3. The first kappa shape index (κ1) is 11.4. The zero-order valence-electron chi connectivity index (χ0n) is 8.99.